The number of hydrogen-bond acceptors (Lipinski definition) is 4. The van der Waals surface area contributed by atoms with E-state index in [2.05, 4.69) is 15.6 Å². The summed E-state index contributed by atoms with van der Waals surface area (Å²) >= 11 is 6.21. The van der Waals surface area contributed by atoms with Gasteiger partial charge in [0.1, 0.15) is 0 Å². The van der Waals surface area contributed by atoms with Gasteiger partial charge in [-0.25, -0.2) is 0 Å². The Balaban J connectivity index is 2.13. The van der Waals surface area contributed by atoms with Crippen molar-refractivity contribution >= 4 is 28.7 Å². The first-order valence-electron chi connectivity index (χ1n) is 4.89. The average molecular weight is 261 g/mol. The Hall–Kier alpha value is -0.920. The van der Waals surface area contributed by atoms with Gasteiger partial charge in [0.25, 0.3) is 0 Å². The quantitative estimate of drug-likeness (QED) is 0.512. The van der Waals surface area contributed by atoms with Crippen LogP contribution < -0.4 is 15.5 Å². The minimum absolute atomic E-state index is 0.0456. The maximum Gasteiger partial charge on any atom is 0.304 e. The molecule has 0 aliphatic rings. The molecular weight excluding hydrogens is 246 g/mol. The van der Waals surface area contributed by atoms with Crippen LogP contribution in [0.2, 0.25) is 0 Å². The molecule has 1 aromatic rings. The molecule has 0 bridgehead atoms. The minimum Gasteiger partial charge on any atom is -0.385 e. The summed E-state index contributed by atoms with van der Waals surface area (Å²) in [5.41, 5.74) is 0.844. The van der Waals surface area contributed by atoms with Gasteiger partial charge in [0.15, 0.2) is 5.11 Å². The highest BCUT2D eigenvalue weighted by Gasteiger charge is 1.98. The van der Waals surface area contributed by atoms with Crippen molar-refractivity contribution in [1.82, 2.24) is 15.6 Å². The number of thiazole rings is 1. The van der Waals surface area contributed by atoms with E-state index in [1.165, 1.54) is 0 Å². The third-order valence-corrected chi connectivity index (χ3v) is 2.83. The van der Waals surface area contributed by atoms with Crippen LogP contribution >= 0.6 is 23.6 Å². The number of thiocarbonyl (C=S) groups is 1. The van der Waals surface area contributed by atoms with E-state index in [-0.39, 0.29) is 4.87 Å². The van der Waals surface area contributed by atoms with Crippen LogP contribution in [0.5, 0.6) is 0 Å². The van der Waals surface area contributed by atoms with Crippen LogP contribution in [0.3, 0.4) is 0 Å². The molecule has 0 aromatic carbocycles. The molecule has 0 aliphatic carbocycles. The van der Waals surface area contributed by atoms with E-state index in [9.17, 15) is 4.79 Å². The van der Waals surface area contributed by atoms with E-state index >= 15 is 0 Å². The van der Waals surface area contributed by atoms with Gasteiger partial charge in [-0.2, -0.15) is 0 Å². The van der Waals surface area contributed by atoms with Crippen LogP contribution in [0.4, 0.5) is 0 Å². The van der Waals surface area contributed by atoms with Gasteiger partial charge in [0.2, 0.25) is 0 Å². The molecule has 0 fully saturated rings. The average Bonchev–Trinajstić information content (AvgIpc) is 2.68. The van der Waals surface area contributed by atoms with Crippen molar-refractivity contribution in [2.45, 2.75) is 13.0 Å². The van der Waals surface area contributed by atoms with Crippen molar-refractivity contribution < 1.29 is 4.74 Å². The fourth-order valence-corrected chi connectivity index (χ4v) is 1.81. The predicted octanol–water partition coefficient (Wildman–Crippen LogP) is 0.437. The summed E-state index contributed by atoms with van der Waals surface area (Å²) in [5, 5.41) is 8.42. The molecule has 90 valence electrons. The molecular formula is C9H15N3O2S2. The van der Waals surface area contributed by atoms with Crippen LogP contribution in [-0.2, 0) is 11.3 Å². The summed E-state index contributed by atoms with van der Waals surface area (Å²) in [5.74, 6) is 0. The number of nitrogens with one attached hydrogen (secondary N) is 3. The van der Waals surface area contributed by atoms with Crippen molar-refractivity contribution in [1.29, 1.82) is 0 Å². The van der Waals surface area contributed by atoms with Crippen LogP contribution in [0.25, 0.3) is 0 Å². The van der Waals surface area contributed by atoms with E-state index in [1.807, 2.05) is 0 Å². The van der Waals surface area contributed by atoms with Gasteiger partial charge >= 0.3 is 4.87 Å². The molecule has 0 atom stereocenters. The molecule has 5 nitrogen and oxygen atoms in total. The van der Waals surface area contributed by atoms with Crippen molar-refractivity contribution in [3.8, 4) is 0 Å². The second kappa shape index (κ2) is 7.37. The van der Waals surface area contributed by atoms with Gasteiger partial charge in [-0.3, -0.25) is 4.79 Å². The van der Waals surface area contributed by atoms with Gasteiger partial charge in [-0.1, -0.05) is 11.3 Å². The summed E-state index contributed by atoms with van der Waals surface area (Å²) in [6.07, 6.45) is 0.910. The lowest BCUT2D eigenvalue weighted by atomic mass is 10.4. The molecule has 0 radical (unpaired) electrons. The SMILES string of the molecule is COCCCNC(=S)NCc1csc(=O)[nH]1. The predicted molar refractivity (Wildman–Crippen MR) is 68.9 cm³/mol. The number of ether oxygens (including phenoxy) is 1. The highest BCUT2D eigenvalue weighted by Crippen LogP contribution is 1.93. The van der Waals surface area contributed by atoms with Crippen molar-refractivity contribution in [3.05, 3.63) is 20.7 Å². The van der Waals surface area contributed by atoms with Crippen LogP contribution in [0.15, 0.2) is 10.2 Å². The third kappa shape index (κ3) is 5.24. The summed E-state index contributed by atoms with van der Waals surface area (Å²) in [6.45, 7) is 2.03. The lowest BCUT2D eigenvalue weighted by Gasteiger charge is -2.08. The normalized spacial score (nSPS) is 10.1. The highest BCUT2D eigenvalue weighted by molar-refractivity contribution is 7.80. The zero-order chi connectivity index (χ0) is 11.8. The molecule has 0 saturated heterocycles. The number of aromatic amines is 1. The Kier molecular flexibility index (Phi) is 6.05. The summed E-state index contributed by atoms with van der Waals surface area (Å²) < 4.78 is 4.91. The Morgan fingerprint density at radius 2 is 2.44 bits per heavy atom. The maximum absolute atomic E-state index is 10.9. The van der Waals surface area contributed by atoms with Crippen LogP contribution in [-0.4, -0.2) is 30.4 Å². The van der Waals surface area contributed by atoms with Crippen molar-refractivity contribution in [2.75, 3.05) is 20.3 Å². The lowest BCUT2D eigenvalue weighted by molar-refractivity contribution is 0.195. The number of hydrogen-bond donors (Lipinski definition) is 3. The first-order chi connectivity index (χ1) is 7.72. The topological polar surface area (TPSA) is 66.2 Å². The van der Waals surface area contributed by atoms with E-state index in [0.717, 1.165) is 30.0 Å². The van der Waals surface area contributed by atoms with E-state index in [1.54, 1.807) is 12.5 Å². The van der Waals surface area contributed by atoms with E-state index in [0.29, 0.717) is 18.3 Å². The Labute approximate surface area is 103 Å². The smallest absolute Gasteiger partial charge is 0.304 e. The monoisotopic (exact) mass is 261 g/mol. The van der Waals surface area contributed by atoms with Gasteiger partial charge in [-0.05, 0) is 18.6 Å². The zero-order valence-electron chi connectivity index (χ0n) is 9.04. The van der Waals surface area contributed by atoms with Gasteiger partial charge in [0.05, 0.1) is 6.54 Å². The second-order valence-electron chi connectivity index (χ2n) is 3.13. The summed E-state index contributed by atoms with van der Waals surface area (Å²) in [7, 11) is 1.67. The fourth-order valence-electron chi connectivity index (χ4n) is 1.06. The van der Waals surface area contributed by atoms with Crippen molar-refractivity contribution in [2.24, 2.45) is 0 Å². The largest absolute Gasteiger partial charge is 0.385 e. The number of H-pyrrole nitrogens is 1. The van der Waals surface area contributed by atoms with Crippen LogP contribution in [0.1, 0.15) is 12.1 Å². The Morgan fingerprint density at radius 3 is 3.06 bits per heavy atom. The molecule has 0 amide bonds. The summed E-state index contributed by atoms with van der Waals surface area (Å²) in [4.78, 5) is 13.5. The van der Waals surface area contributed by atoms with Gasteiger partial charge in [-0.15, -0.1) is 0 Å². The van der Waals surface area contributed by atoms with Crippen LogP contribution in [0, 0.1) is 0 Å². The number of aromatic nitrogens is 1. The highest BCUT2D eigenvalue weighted by atomic mass is 32.1. The molecule has 7 heteroatoms. The lowest BCUT2D eigenvalue weighted by Crippen LogP contribution is -2.35. The molecule has 3 N–H and O–H groups in total. The molecule has 0 saturated carbocycles. The van der Waals surface area contributed by atoms with Gasteiger partial charge in [0, 0.05) is 31.3 Å². The standard InChI is InChI=1S/C9H15N3O2S2/c1-14-4-2-3-10-8(15)11-5-7-6-16-9(13)12-7/h6H,2-5H2,1H3,(H,12,13)(H2,10,11,15). The Morgan fingerprint density at radius 1 is 1.62 bits per heavy atom. The molecule has 16 heavy (non-hydrogen) atoms. The van der Waals surface area contributed by atoms with E-state index in [4.69, 9.17) is 17.0 Å². The first kappa shape index (κ1) is 13.1. The molecule has 0 unspecified atom stereocenters. The third-order valence-electron chi connectivity index (χ3n) is 1.82. The molecule has 1 rings (SSSR count). The van der Waals surface area contributed by atoms with Crippen molar-refractivity contribution in [3.63, 3.8) is 0 Å². The maximum atomic E-state index is 10.9. The first-order valence-corrected chi connectivity index (χ1v) is 6.18. The van der Waals surface area contributed by atoms with Gasteiger partial charge < -0.3 is 20.4 Å². The Bertz CT molecular complexity index is 375. The zero-order valence-corrected chi connectivity index (χ0v) is 10.7. The second-order valence-corrected chi connectivity index (χ2v) is 4.38. The molecule has 0 aliphatic heterocycles. The number of rotatable bonds is 6. The molecule has 1 aromatic heterocycles. The summed E-state index contributed by atoms with van der Waals surface area (Å²) in [6, 6.07) is 0. The van der Waals surface area contributed by atoms with E-state index < -0.39 is 0 Å². The fraction of sp³-hybridized carbons (Fsp3) is 0.556. The number of methoxy groups -OCH3 is 1. The molecule has 1 heterocycles. The minimum atomic E-state index is -0.0456. The molecule has 0 spiro atoms.